The smallest absolute Gasteiger partial charge is 0.394 e. The van der Waals surface area contributed by atoms with Crippen LogP contribution in [0.2, 0.25) is 0 Å². The molecule has 2 rings (SSSR count). The van der Waals surface area contributed by atoms with Crippen LogP contribution in [0, 0.1) is 0 Å². The van der Waals surface area contributed by atoms with Crippen LogP contribution in [0.25, 0.3) is 11.1 Å². The Labute approximate surface area is 94.4 Å². The highest BCUT2D eigenvalue weighted by atomic mass is 79.9. The average Bonchev–Trinajstić information content (AvgIpc) is 2.70. The summed E-state index contributed by atoms with van der Waals surface area (Å²) in [5.41, 5.74) is 1.63. The third-order valence-corrected chi connectivity index (χ3v) is 2.51. The number of fused-ring (bicyclic) bond motifs is 1. The minimum atomic E-state index is -0.0310. The van der Waals surface area contributed by atoms with Gasteiger partial charge in [0, 0.05) is 5.56 Å². The Hall–Kier alpha value is -1.36. The first-order chi connectivity index (χ1) is 7.26. The lowest BCUT2D eigenvalue weighted by Gasteiger charge is -1.95. The lowest BCUT2D eigenvalue weighted by molar-refractivity contribution is 0.102. The second-order valence-corrected chi connectivity index (χ2v) is 3.45. The fraction of sp³-hybridized carbons (Fsp3) is 0.200. The number of alkyl halides is 1. The van der Waals surface area contributed by atoms with Crippen molar-refractivity contribution in [3.05, 3.63) is 23.8 Å². The van der Waals surface area contributed by atoms with E-state index in [9.17, 15) is 4.79 Å². The van der Waals surface area contributed by atoms with Gasteiger partial charge in [-0.25, -0.2) is 0 Å². The quantitative estimate of drug-likeness (QED) is 0.634. The molecule has 78 valence electrons. The Bertz CT molecular complexity index is 506. The number of halogens is 1. The van der Waals surface area contributed by atoms with Gasteiger partial charge >= 0.3 is 6.08 Å². The van der Waals surface area contributed by atoms with Gasteiger partial charge in [-0.05, 0) is 12.1 Å². The summed E-state index contributed by atoms with van der Waals surface area (Å²) in [5, 5.41) is 0.265. The van der Waals surface area contributed by atoms with E-state index in [1.807, 2.05) is 0 Å². The van der Waals surface area contributed by atoms with E-state index < -0.39 is 0 Å². The predicted octanol–water partition coefficient (Wildman–Crippen LogP) is 2.41. The second kappa shape index (κ2) is 4.02. The van der Waals surface area contributed by atoms with Crippen LogP contribution in [-0.4, -0.2) is 23.2 Å². The summed E-state index contributed by atoms with van der Waals surface area (Å²) in [6, 6.07) is 5.21. The van der Waals surface area contributed by atoms with Crippen molar-refractivity contribution < 1.29 is 13.9 Å². The van der Waals surface area contributed by atoms with E-state index in [0.29, 0.717) is 16.7 Å². The van der Waals surface area contributed by atoms with Gasteiger partial charge in [-0.2, -0.15) is 4.98 Å². The van der Waals surface area contributed by atoms with Crippen LogP contribution in [0.15, 0.2) is 22.6 Å². The molecular weight excluding hydrogens is 262 g/mol. The van der Waals surface area contributed by atoms with Crippen molar-refractivity contribution in [1.82, 2.24) is 4.98 Å². The SMILES string of the molecule is COc1nc2c(C(=O)CBr)cccc2o1. The molecule has 0 atom stereocenters. The number of methoxy groups -OCH3 is 1. The molecule has 0 aliphatic carbocycles. The van der Waals surface area contributed by atoms with Gasteiger partial charge in [0.2, 0.25) is 0 Å². The maximum atomic E-state index is 11.6. The third kappa shape index (κ3) is 1.74. The minimum Gasteiger partial charge on any atom is -0.453 e. The number of benzene rings is 1. The first kappa shape index (κ1) is 10.2. The largest absolute Gasteiger partial charge is 0.453 e. The molecule has 1 aromatic carbocycles. The minimum absolute atomic E-state index is 0.0310. The van der Waals surface area contributed by atoms with Crippen LogP contribution >= 0.6 is 15.9 Å². The van der Waals surface area contributed by atoms with Gasteiger partial charge in [0.25, 0.3) is 0 Å². The number of ketones is 1. The summed E-state index contributed by atoms with van der Waals surface area (Å²) >= 11 is 3.12. The molecule has 0 N–H and O–H groups in total. The van der Waals surface area contributed by atoms with Gasteiger partial charge in [0.15, 0.2) is 11.4 Å². The van der Waals surface area contributed by atoms with Crippen LogP contribution < -0.4 is 4.74 Å². The predicted molar refractivity (Wildman–Crippen MR) is 58.7 cm³/mol. The van der Waals surface area contributed by atoms with E-state index in [1.54, 1.807) is 18.2 Å². The molecule has 0 fully saturated rings. The molecule has 0 amide bonds. The highest BCUT2D eigenvalue weighted by molar-refractivity contribution is 9.09. The van der Waals surface area contributed by atoms with E-state index in [0.717, 1.165) is 0 Å². The molecule has 0 aliphatic rings. The number of rotatable bonds is 3. The number of aromatic nitrogens is 1. The van der Waals surface area contributed by atoms with E-state index in [2.05, 4.69) is 20.9 Å². The Morgan fingerprint density at radius 3 is 3.07 bits per heavy atom. The number of nitrogens with zero attached hydrogens (tertiary/aromatic N) is 1. The van der Waals surface area contributed by atoms with Crippen LogP contribution in [0.1, 0.15) is 10.4 Å². The van der Waals surface area contributed by atoms with E-state index in [1.165, 1.54) is 7.11 Å². The molecule has 1 aromatic heterocycles. The van der Waals surface area contributed by atoms with Crippen molar-refractivity contribution in [2.24, 2.45) is 0 Å². The molecule has 1 heterocycles. The van der Waals surface area contributed by atoms with Gasteiger partial charge in [0.05, 0.1) is 12.4 Å². The molecule has 5 heteroatoms. The van der Waals surface area contributed by atoms with Crippen LogP contribution in [0.5, 0.6) is 6.08 Å². The first-order valence-electron chi connectivity index (χ1n) is 4.29. The third-order valence-electron chi connectivity index (χ3n) is 2.00. The molecule has 0 radical (unpaired) electrons. The number of hydrogen-bond donors (Lipinski definition) is 0. The summed E-state index contributed by atoms with van der Waals surface area (Å²) < 4.78 is 10.1. The van der Waals surface area contributed by atoms with Crippen molar-refractivity contribution >= 4 is 32.8 Å². The van der Waals surface area contributed by atoms with Crippen molar-refractivity contribution in [3.8, 4) is 6.08 Å². The summed E-state index contributed by atoms with van der Waals surface area (Å²) in [7, 11) is 1.47. The lowest BCUT2D eigenvalue weighted by Crippen LogP contribution is -2.00. The molecule has 2 aromatic rings. The molecule has 15 heavy (non-hydrogen) atoms. The molecule has 0 saturated carbocycles. The van der Waals surface area contributed by atoms with Crippen molar-refractivity contribution in [1.29, 1.82) is 0 Å². The van der Waals surface area contributed by atoms with Gasteiger partial charge in [0.1, 0.15) is 5.52 Å². The van der Waals surface area contributed by atoms with Crippen LogP contribution in [-0.2, 0) is 0 Å². The van der Waals surface area contributed by atoms with E-state index in [-0.39, 0.29) is 17.2 Å². The molecule has 4 nitrogen and oxygen atoms in total. The van der Waals surface area contributed by atoms with Crippen molar-refractivity contribution in [3.63, 3.8) is 0 Å². The van der Waals surface area contributed by atoms with Gasteiger partial charge in [-0.3, -0.25) is 4.79 Å². The monoisotopic (exact) mass is 269 g/mol. The normalized spacial score (nSPS) is 10.5. The van der Waals surface area contributed by atoms with Gasteiger partial charge < -0.3 is 9.15 Å². The van der Waals surface area contributed by atoms with Crippen LogP contribution in [0.4, 0.5) is 0 Å². The Kier molecular flexibility index (Phi) is 2.73. The number of carbonyl (C=O) groups excluding carboxylic acids is 1. The summed E-state index contributed by atoms with van der Waals surface area (Å²) in [6.07, 6.45) is 0.167. The van der Waals surface area contributed by atoms with Gasteiger partial charge in [-0.1, -0.05) is 22.0 Å². The second-order valence-electron chi connectivity index (χ2n) is 2.89. The average molecular weight is 270 g/mol. The molecule has 0 unspecified atom stereocenters. The van der Waals surface area contributed by atoms with E-state index >= 15 is 0 Å². The molecule has 0 bridgehead atoms. The molecule has 0 spiro atoms. The fourth-order valence-corrected chi connectivity index (χ4v) is 1.61. The maximum Gasteiger partial charge on any atom is 0.394 e. The standard InChI is InChI=1S/C10H8BrNO3/c1-14-10-12-9-6(7(13)5-11)3-2-4-8(9)15-10/h2-4H,5H2,1H3. The molecule has 0 aliphatic heterocycles. The zero-order valence-electron chi connectivity index (χ0n) is 7.99. The lowest BCUT2D eigenvalue weighted by atomic mass is 10.1. The first-order valence-corrected chi connectivity index (χ1v) is 5.41. The highest BCUT2D eigenvalue weighted by Crippen LogP contribution is 2.23. The highest BCUT2D eigenvalue weighted by Gasteiger charge is 2.14. The number of carbonyl (C=O) groups is 1. The number of Topliss-reactive ketones (excluding diaryl/α,β-unsaturated/α-hetero) is 1. The molecule has 0 saturated heterocycles. The number of para-hydroxylation sites is 1. The fourth-order valence-electron chi connectivity index (χ4n) is 1.31. The zero-order chi connectivity index (χ0) is 10.8. The Morgan fingerprint density at radius 1 is 1.60 bits per heavy atom. The summed E-state index contributed by atoms with van der Waals surface area (Å²) in [5.74, 6) is -0.0310. The van der Waals surface area contributed by atoms with Gasteiger partial charge in [-0.15, -0.1) is 0 Å². The Balaban J connectivity index is 2.64. The zero-order valence-corrected chi connectivity index (χ0v) is 9.58. The number of ether oxygens (including phenoxy) is 1. The number of hydrogen-bond acceptors (Lipinski definition) is 4. The molecular formula is C10H8BrNO3. The van der Waals surface area contributed by atoms with Crippen molar-refractivity contribution in [2.75, 3.05) is 12.4 Å². The topological polar surface area (TPSA) is 52.3 Å². The number of oxazole rings is 1. The summed E-state index contributed by atoms with van der Waals surface area (Å²) in [4.78, 5) is 15.6. The summed E-state index contributed by atoms with van der Waals surface area (Å²) in [6.45, 7) is 0. The van der Waals surface area contributed by atoms with Crippen molar-refractivity contribution in [2.45, 2.75) is 0 Å². The van der Waals surface area contributed by atoms with E-state index in [4.69, 9.17) is 9.15 Å². The van der Waals surface area contributed by atoms with Crippen LogP contribution in [0.3, 0.4) is 0 Å². The maximum absolute atomic E-state index is 11.6. The Morgan fingerprint density at radius 2 is 2.40 bits per heavy atom.